The molecule has 0 atom stereocenters. The average Bonchev–Trinajstić information content (AvgIpc) is 3.38. The minimum Gasteiger partial charge on any atom is -0.496 e. The number of ether oxygens (including phenoxy) is 1. The Morgan fingerprint density at radius 3 is 2.68 bits per heavy atom. The van der Waals surface area contributed by atoms with E-state index in [-0.39, 0.29) is 5.78 Å². The fraction of sp³-hybridized carbons (Fsp3) is 0.174. The normalized spacial score (nSPS) is 11.2. The third-order valence-corrected chi connectivity index (χ3v) is 5.66. The van der Waals surface area contributed by atoms with E-state index in [1.807, 2.05) is 54.7 Å². The minimum atomic E-state index is 0.115. The monoisotopic (exact) mass is 390 g/mol. The van der Waals surface area contributed by atoms with Crippen LogP contribution in [0, 0.1) is 0 Å². The maximum atomic E-state index is 13.1. The number of nitrogens with zero attached hydrogens (tertiary/aromatic N) is 1. The Hall–Kier alpha value is -2.89. The Balaban J connectivity index is 1.59. The molecule has 0 aliphatic carbocycles. The number of carbonyl (C=O) groups excluding carboxylic acids is 1. The lowest BCUT2D eigenvalue weighted by atomic mass is 10.1. The number of aromatic amines is 1. The van der Waals surface area contributed by atoms with Gasteiger partial charge in [0, 0.05) is 46.2 Å². The van der Waals surface area contributed by atoms with Gasteiger partial charge in [-0.05, 0) is 23.6 Å². The van der Waals surface area contributed by atoms with Gasteiger partial charge in [0.1, 0.15) is 5.75 Å². The molecule has 0 radical (unpaired) electrons. The molecule has 142 valence electrons. The summed E-state index contributed by atoms with van der Waals surface area (Å²) in [5.41, 5.74) is 2.81. The average molecular weight is 391 g/mol. The number of H-pyrrole nitrogens is 1. The predicted octanol–water partition coefficient (Wildman–Crippen LogP) is 5.12. The number of fused-ring (bicyclic) bond motifs is 1. The fourth-order valence-electron chi connectivity index (χ4n) is 3.46. The predicted molar refractivity (Wildman–Crippen MR) is 114 cm³/mol. The third kappa shape index (κ3) is 4.01. The van der Waals surface area contributed by atoms with E-state index < -0.39 is 0 Å². The van der Waals surface area contributed by atoms with Crippen LogP contribution in [0.25, 0.3) is 10.9 Å². The van der Waals surface area contributed by atoms with Gasteiger partial charge >= 0.3 is 0 Å². The van der Waals surface area contributed by atoms with Gasteiger partial charge in [-0.25, -0.2) is 0 Å². The summed E-state index contributed by atoms with van der Waals surface area (Å²) in [6.07, 6.45) is 1.82. The highest BCUT2D eigenvalue weighted by atomic mass is 32.1. The number of thiophene rings is 1. The maximum Gasteiger partial charge on any atom is 0.178 e. The molecule has 1 N–H and O–H groups in total. The van der Waals surface area contributed by atoms with Gasteiger partial charge < -0.3 is 9.72 Å². The van der Waals surface area contributed by atoms with E-state index >= 15 is 0 Å². The van der Waals surface area contributed by atoms with Crippen molar-refractivity contribution < 1.29 is 9.53 Å². The second kappa shape index (κ2) is 8.42. The van der Waals surface area contributed by atoms with Crippen molar-refractivity contribution in [1.82, 2.24) is 9.88 Å². The van der Waals surface area contributed by atoms with Crippen molar-refractivity contribution in [3.8, 4) is 5.75 Å². The van der Waals surface area contributed by atoms with Gasteiger partial charge in [-0.15, -0.1) is 11.3 Å². The molecular formula is C23H22N2O2S. The molecule has 4 rings (SSSR count). The molecule has 28 heavy (non-hydrogen) atoms. The molecule has 4 aromatic rings. The number of nitrogens with one attached hydrogen (secondary N) is 1. The lowest BCUT2D eigenvalue weighted by Crippen LogP contribution is -2.29. The molecule has 0 fully saturated rings. The van der Waals surface area contributed by atoms with E-state index in [0.717, 1.165) is 34.3 Å². The Kier molecular flexibility index (Phi) is 5.55. The van der Waals surface area contributed by atoms with Crippen LogP contribution >= 0.6 is 11.3 Å². The van der Waals surface area contributed by atoms with Crippen LogP contribution in [0.4, 0.5) is 0 Å². The Morgan fingerprint density at radius 1 is 1.04 bits per heavy atom. The Morgan fingerprint density at radius 2 is 1.86 bits per heavy atom. The molecule has 0 amide bonds. The summed E-state index contributed by atoms with van der Waals surface area (Å²) in [5.74, 6) is 0.960. The van der Waals surface area contributed by atoms with Crippen molar-refractivity contribution in [2.75, 3.05) is 13.7 Å². The number of hydrogen-bond donors (Lipinski definition) is 1. The summed E-state index contributed by atoms with van der Waals surface area (Å²) in [6.45, 7) is 1.72. The number of ketones is 1. The molecule has 0 aliphatic rings. The van der Waals surface area contributed by atoms with Gasteiger partial charge in [0.2, 0.25) is 0 Å². The van der Waals surface area contributed by atoms with Crippen molar-refractivity contribution in [2.24, 2.45) is 0 Å². The van der Waals surface area contributed by atoms with Gasteiger partial charge in [0.25, 0.3) is 0 Å². The summed E-state index contributed by atoms with van der Waals surface area (Å²) in [4.78, 5) is 19.7. The fourth-order valence-corrected chi connectivity index (χ4v) is 4.20. The van der Waals surface area contributed by atoms with E-state index in [4.69, 9.17) is 4.74 Å². The van der Waals surface area contributed by atoms with Crippen LogP contribution in [0.5, 0.6) is 5.75 Å². The molecule has 0 unspecified atom stereocenters. The molecule has 0 bridgehead atoms. The first-order chi connectivity index (χ1) is 13.7. The second-order valence-electron chi connectivity index (χ2n) is 6.71. The van der Waals surface area contributed by atoms with Crippen LogP contribution in [-0.2, 0) is 13.1 Å². The summed E-state index contributed by atoms with van der Waals surface area (Å²) in [7, 11) is 1.68. The van der Waals surface area contributed by atoms with Crippen molar-refractivity contribution in [3.63, 3.8) is 0 Å². The van der Waals surface area contributed by atoms with Gasteiger partial charge in [0.15, 0.2) is 5.78 Å². The minimum absolute atomic E-state index is 0.115. The molecule has 0 spiro atoms. The highest BCUT2D eigenvalue weighted by molar-refractivity contribution is 7.09. The molecular weight excluding hydrogens is 368 g/mol. The Labute approximate surface area is 168 Å². The third-order valence-electron chi connectivity index (χ3n) is 4.80. The molecule has 0 saturated heterocycles. The summed E-state index contributed by atoms with van der Waals surface area (Å²) in [6, 6.07) is 20.0. The quantitative estimate of drug-likeness (QED) is 0.425. The van der Waals surface area contributed by atoms with Crippen molar-refractivity contribution in [1.29, 1.82) is 0 Å². The number of aromatic nitrogens is 1. The smallest absolute Gasteiger partial charge is 0.178 e. The van der Waals surface area contributed by atoms with Crippen LogP contribution in [0.1, 0.15) is 20.8 Å². The first-order valence-corrected chi connectivity index (χ1v) is 10.1. The van der Waals surface area contributed by atoms with Gasteiger partial charge in [0.05, 0.1) is 13.7 Å². The summed E-state index contributed by atoms with van der Waals surface area (Å²) >= 11 is 1.71. The standard InChI is InChI=1S/C23H22N2O2S/c1-27-23-11-5-2-7-17(23)14-25(15-18-8-6-12-28-18)16-22(26)20-13-24-21-10-4-3-9-19(20)21/h2-13,24H,14-16H2,1H3. The Bertz CT molecular complexity index is 1070. The van der Waals surface area contributed by atoms with Crippen LogP contribution in [0.2, 0.25) is 0 Å². The molecule has 0 saturated carbocycles. The highest BCUT2D eigenvalue weighted by Crippen LogP contribution is 2.23. The highest BCUT2D eigenvalue weighted by Gasteiger charge is 2.18. The number of para-hydroxylation sites is 2. The zero-order valence-corrected chi connectivity index (χ0v) is 16.5. The number of Topliss-reactive ketones (excluding diaryl/α,β-unsaturated/α-hetero) is 1. The first kappa shape index (κ1) is 18.5. The SMILES string of the molecule is COc1ccccc1CN(CC(=O)c1c[nH]c2ccccc12)Cc1cccs1. The van der Waals surface area contributed by atoms with E-state index in [0.29, 0.717) is 13.1 Å². The molecule has 4 nitrogen and oxygen atoms in total. The van der Waals surface area contributed by atoms with Gasteiger partial charge in [-0.3, -0.25) is 9.69 Å². The van der Waals surface area contributed by atoms with E-state index in [1.54, 1.807) is 18.4 Å². The van der Waals surface area contributed by atoms with Gasteiger partial charge in [-0.2, -0.15) is 0 Å². The molecule has 0 aliphatic heterocycles. The first-order valence-electron chi connectivity index (χ1n) is 9.20. The molecule has 5 heteroatoms. The van der Waals surface area contributed by atoms with Crippen LogP contribution in [-0.4, -0.2) is 29.3 Å². The maximum absolute atomic E-state index is 13.1. The molecule has 2 aromatic carbocycles. The molecule has 2 heterocycles. The van der Waals surface area contributed by atoms with Gasteiger partial charge in [-0.1, -0.05) is 42.5 Å². The summed E-state index contributed by atoms with van der Waals surface area (Å²) < 4.78 is 5.50. The topological polar surface area (TPSA) is 45.3 Å². The molecule has 2 aromatic heterocycles. The van der Waals surface area contributed by atoms with E-state index in [9.17, 15) is 4.79 Å². The summed E-state index contributed by atoms with van der Waals surface area (Å²) in [5, 5.41) is 3.04. The van der Waals surface area contributed by atoms with E-state index in [1.165, 1.54) is 4.88 Å². The zero-order valence-electron chi connectivity index (χ0n) is 15.7. The zero-order chi connectivity index (χ0) is 19.3. The number of benzene rings is 2. The number of carbonyl (C=O) groups is 1. The second-order valence-corrected chi connectivity index (χ2v) is 7.74. The van der Waals surface area contributed by atoms with Crippen molar-refractivity contribution in [3.05, 3.63) is 88.2 Å². The van der Waals surface area contributed by atoms with Crippen molar-refractivity contribution in [2.45, 2.75) is 13.1 Å². The van der Waals surface area contributed by atoms with Crippen LogP contribution in [0.15, 0.2) is 72.2 Å². The van der Waals surface area contributed by atoms with Crippen molar-refractivity contribution >= 4 is 28.0 Å². The van der Waals surface area contributed by atoms with Crippen LogP contribution in [0.3, 0.4) is 0 Å². The number of rotatable bonds is 8. The lowest BCUT2D eigenvalue weighted by Gasteiger charge is -2.22. The number of methoxy groups -OCH3 is 1. The van der Waals surface area contributed by atoms with E-state index in [2.05, 4.69) is 27.4 Å². The lowest BCUT2D eigenvalue weighted by molar-refractivity contribution is 0.0922. The van der Waals surface area contributed by atoms with Crippen LogP contribution < -0.4 is 4.74 Å². The number of hydrogen-bond acceptors (Lipinski definition) is 4. The largest absolute Gasteiger partial charge is 0.496 e.